The molecule has 8 heteroatoms. The summed E-state index contributed by atoms with van der Waals surface area (Å²) in [5, 5.41) is 2.94. The summed E-state index contributed by atoms with van der Waals surface area (Å²) in [6.07, 6.45) is -3.11. The summed E-state index contributed by atoms with van der Waals surface area (Å²) in [7, 11) is 0. The summed E-state index contributed by atoms with van der Waals surface area (Å²) in [4.78, 5) is 30.0. The van der Waals surface area contributed by atoms with Crippen molar-refractivity contribution < 1.29 is 22.8 Å². The molecule has 1 heterocycles. The van der Waals surface area contributed by atoms with E-state index in [4.69, 9.17) is 0 Å². The maximum atomic E-state index is 13.5. The number of hydrogen-bond acceptors (Lipinski definition) is 3. The summed E-state index contributed by atoms with van der Waals surface area (Å²) < 4.78 is 38.3. The molecule has 1 fully saturated rings. The van der Waals surface area contributed by atoms with Gasteiger partial charge in [-0.1, -0.05) is 42.5 Å². The third-order valence-electron chi connectivity index (χ3n) is 6.66. The molecule has 37 heavy (non-hydrogen) atoms. The first-order chi connectivity index (χ1) is 17.8. The highest BCUT2D eigenvalue weighted by atomic mass is 19.4. The smallest absolute Gasteiger partial charge is 0.371 e. The topological polar surface area (TPSA) is 52.7 Å². The van der Waals surface area contributed by atoms with Gasteiger partial charge in [0.05, 0.1) is 11.1 Å². The molecule has 0 aliphatic carbocycles. The van der Waals surface area contributed by atoms with Crippen LogP contribution >= 0.6 is 0 Å². The zero-order chi connectivity index (χ0) is 26.4. The van der Waals surface area contributed by atoms with Gasteiger partial charge < -0.3 is 15.1 Å². The van der Waals surface area contributed by atoms with Crippen LogP contribution in [0, 0.1) is 0 Å². The van der Waals surface area contributed by atoms with Gasteiger partial charge in [0.1, 0.15) is 0 Å². The van der Waals surface area contributed by atoms with Crippen LogP contribution in [-0.4, -0.2) is 42.4 Å². The molecule has 1 saturated heterocycles. The fraction of sp³-hybridized carbons (Fsp3) is 0.310. The van der Waals surface area contributed by atoms with Crippen LogP contribution in [0.25, 0.3) is 0 Å². The maximum absolute atomic E-state index is 13.5. The Kier molecular flexibility index (Phi) is 8.16. The molecule has 0 bridgehead atoms. The van der Waals surface area contributed by atoms with E-state index in [-0.39, 0.29) is 23.4 Å². The summed E-state index contributed by atoms with van der Waals surface area (Å²) in [6.45, 7) is 4.37. The van der Waals surface area contributed by atoms with E-state index in [0.717, 1.165) is 23.4 Å². The highest BCUT2D eigenvalue weighted by Gasteiger charge is 2.30. The zero-order valence-corrected chi connectivity index (χ0v) is 20.7. The van der Waals surface area contributed by atoms with E-state index in [1.165, 1.54) is 12.1 Å². The van der Waals surface area contributed by atoms with Crippen molar-refractivity contribution in [3.63, 3.8) is 0 Å². The van der Waals surface area contributed by atoms with Gasteiger partial charge >= 0.3 is 6.18 Å². The monoisotopic (exact) mass is 509 g/mol. The van der Waals surface area contributed by atoms with Gasteiger partial charge in [0, 0.05) is 43.5 Å². The van der Waals surface area contributed by atoms with Gasteiger partial charge in [-0.2, -0.15) is 13.2 Å². The van der Waals surface area contributed by atoms with Gasteiger partial charge in [-0.3, -0.25) is 9.59 Å². The number of anilines is 1. The molecular formula is C29H30F3N3O2. The van der Waals surface area contributed by atoms with Crippen molar-refractivity contribution in [3.8, 4) is 0 Å². The predicted octanol–water partition coefficient (Wildman–Crippen LogP) is 5.77. The van der Waals surface area contributed by atoms with Crippen LogP contribution in [-0.2, 0) is 12.7 Å². The second kappa shape index (κ2) is 11.5. The van der Waals surface area contributed by atoms with E-state index in [1.807, 2.05) is 66.4 Å². The summed E-state index contributed by atoms with van der Waals surface area (Å²) in [5.41, 5.74) is 2.00. The van der Waals surface area contributed by atoms with Crippen LogP contribution in [0.2, 0.25) is 0 Å². The molecule has 1 aliphatic rings. The quantitative estimate of drug-likeness (QED) is 0.440. The Morgan fingerprint density at radius 3 is 2.16 bits per heavy atom. The first kappa shape index (κ1) is 26.3. The number of alkyl halides is 3. The second-order valence-electron chi connectivity index (χ2n) is 9.13. The van der Waals surface area contributed by atoms with Crippen LogP contribution in [0.15, 0.2) is 78.9 Å². The van der Waals surface area contributed by atoms with Gasteiger partial charge in [-0.25, -0.2) is 0 Å². The molecule has 0 unspecified atom stereocenters. The first-order valence-electron chi connectivity index (χ1n) is 12.4. The first-order valence-corrected chi connectivity index (χ1v) is 12.4. The Hall–Kier alpha value is -3.81. The molecule has 194 valence electrons. The number of carbonyl (C=O) groups excluding carboxylic acids is 2. The Bertz CT molecular complexity index is 1210. The average molecular weight is 510 g/mol. The Labute approximate surface area is 214 Å². The van der Waals surface area contributed by atoms with Gasteiger partial charge in [0.25, 0.3) is 11.8 Å². The molecule has 2 amide bonds. The van der Waals surface area contributed by atoms with Crippen molar-refractivity contribution in [2.45, 2.75) is 38.5 Å². The van der Waals surface area contributed by atoms with Crippen molar-refractivity contribution in [3.05, 3.63) is 101 Å². The zero-order valence-electron chi connectivity index (χ0n) is 20.7. The molecule has 0 atom stereocenters. The number of nitrogens with one attached hydrogen (secondary N) is 1. The fourth-order valence-electron chi connectivity index (χ4n) is 4.58. The van der Waals surface area contributed by atoms with E-state index >= 15 is 0 Å². The maximum Gasteiger partial charge on any atom is 0.416 e. The second-order valence-corrected chi connectivity index (χ2v) is 9.13. The molecule has 3 aromatic carbocycles. The van der Waals surface area contributed by atoms with Crippen LogP contribution < -0.4 is 10.2 Å². The highest BCUT2D eigenvalue weighted by molar-refractivity contribution is 6.00. The SMILES string of the molecule is CCN(Cc1ccccc1)C(=O)c1ccccc1N1CCC(NC(=O)c2ccc(C(F)(F)F)cc2)CC1. The third kappa shape index (κ3) is 6.50. The molecule has 5 nitrogen and oxygen atoms in total. The lowest BCUT2D eigenvalue weighted by molar-refractivity contribution is -0.137. The van der Waals surface area contributed by atoms with Crippen molar-refractivity contribution in [1.29, 1.82) is 0 Å². The van der Waals surface area contributed by atoms with Gasteiger partial charge in [0.2, 0.25) is 0 Å². The van der Waals surface area contributed by atoms with Crippen LogP contribution in [0.1, 0.15) is 51.6 Å². The largest absolute Gasteiger partial charge is 0.416 e. The molecule has 3 aromatic rings. The van der Waals surface area contributed by atoms with E-state index in [2.05, 4.69) is 10.2 Å². The number of para-hydroxylation sites is 1. The molecule has 0 radical (unpaired) electrons. The van der Waals surface area contributed by atoms with Crippen molar-refractivity contribution in [1.82, 2.24) is 10.2 Å². The lowest BCUT2D eigenvalue weighted by atomic mass is 10.0. The number of nitrogens with zero attached hydrogens (tertiary/aromatic N) is 2. The minimum atomic E-state index is -4.44. The molecule has 0 aromatic heterocycles. The van der Waals surface area contributed by atoms with Gasteiger partial charge in [-0.05, 0) is 61.7 Å². The van der Waals surface area contributed by atoms with Gasteiger partial charge in [0.15, 0.2) is 0 Å². The minimum absolute atomic E-state index is 0.0281. The number of piperidine rings is 1. The number of carbonyl (C=O) groups is 2. The standard InChI is InChI=1S/C29H30F3N3O2/c1-2-34(20-21-8-4-3-5-9-21)28(37)25-10-6-7-11-26(25)35-18-16-24(17-19-35)33-27(36)22-12-14-23(15-13-22)29(30,31)32/h3-15,24H,2,16-20H2,1H3,(H,33,36). The van der Waals surface area contributed by atoms with E-state index in [1.54, 1.807) is 0 Å². The van der Waals surface area contributed by atoms with Crippen molar-refractivity contribution in [2.24, 2.45) is 0 Å². The van der Waals surface area contributed by atoms with E-state index < -0.39 is 11.7 Å². The Morgan fingerprint density at radius 2 is 1.54 bits per heavy atom. The highest BCUT2D eigenvalue weighted by Crippen LogP contribution is 2.29. The van der Waals surface area contributed by atoms with E-state index in [0.29, 0.717) is 44.6 Å². The van der Waals surface area contributed by atoms with E-state index in [9.17, 15) is 22.8 Å². The Morgan fingerprint density at radius 1 is 0.919 bits per heavy atom. The van der Waals surface area contributed by atoms with Gasteiger partial charge in [-0.15, -0.1) is 0 Å². The number of rotatable bonds is 7. The summed E-state index contributed by atoms with van der Waals surface area (Å²) in [5.74, 6) is -0.415. The normalized spacial score (nSPS) is 14.3. The lowest BCUT2D eigenvalue weighted by Gasteiger charge is -2.35. The van der Waals surface area contributed by atoms with Crippen molar-refractivity contribution in [2.75, 3.05) is 24.5 Å². The van der Waals surface area contributed by atoms with Crippen LogP contribution in [0.5, 0.6) is 0 Å². The third-order valence-corrected chi connectivity index (χ3v) is 6.66. The molecule has 1 N–H and O–H groups in total. The lowest BCUT2D eigenvalue weighted by Crippen LogP contribution is -2.45. The fourth-order valence-corrected chi connectivity index (χ4v) is 4.58. The summed E-state index contributed by atoms with van der Waals surface area (Å²) in [6, 6.07) is 21.6. The minimum Gasteiger partial charge on any atom is -0.371 e. The molecule has 0 spiro atoms. The summed E-state index contributed by atoms with van der Waals surface area (Å²) >= 11 is 0. The number of hydrogen-bond donors (Lipinski definition) is 1. The molecule has 1 aliphatic heterocycles. The predicted molar refractivity (Wildman–Crippen MR) is 137 cm³/mol. The molecule has 4 rings (SSSR count). The van der Waals surface area contributed by atoms with Crippen LogP contribution in [0.4, 0.5) is 18.9 Å². The van der Waals surface area contributed by atoms with Crippen LogP contribution in [0.3, 0.4) is 0 Å². The molecular weight excluding hydrogens is 479 g/mol. The Balaban J connectivity index is 1.38. The number of benzene rings is 3. The number of amides is 2. The molecule has 0 saturated carbocycles. The average Bonchev–Trinajstić information content (AvgIpc) is 2.92. The number of halogens is 3. The van der Waals surface area contributed by atoms with Crippen molar-refractivity contribution >= 4 is 17.5 Å².